The van der Waals surface area contributed by atoms with Gasteiger partial charge in [0.25, 0.3) is 0 Å². The fourth-order valence-corrected chi connectivity index (χ4v) is 1.34. The van der Waals surface area contributed by atoms with Crippen LogP contribution >= 0.6 is 12.4 Å². The lowest BCUT2D eigenvalue weighted by Crippen LogP contribution is -2.30. The van der Waals surface area contributed by atoms with Crippen LogP contribution in [-0.4, -0.2) is 18.5 Å². The van der Waals surface area contributed by atoms with Crippen molar-refractivity contribution in [2.45, 2.75) is 25.8 Å². The van der Waals surface area contributed by atoms with Crippen LogP contribution in [0.3, 0.4) is 0 Å². The van der Waals surface area contributed by atoms with Crippen molar-refractivity contribution < 1.29 is 13.6 Å². The summed E-state index contributed by atoms with van der Waals surface area (Å²) in [5.41, 5.74) is 5.97. The number of halogens is 3. The standard InChI is InChI=1S/C12H16F2N2O.ClH/c1-8(15)4-5-16-12(17)7-9-2-3-10(13)11(14)6-9;/h2-3,6,8H,4-5,7,15H2,1H3,(H,16,17);1H. The lowest BCUT2D eigenvalue weighted by molar-refractivity contribution is -0.120. The van der Waals surface area contributed by atoms with E-state index < -0.39 is 11.6 Å². The molecule has 102 valence electrons. The highest BCUT2D eigenvalue weighted by Crippen LogP contribution is 2.09. The third-order valence-corrected chi connectivity index (χ3v) is 2.27. The molecule has 1 amide bonds. The molecule has 0 aliphatic heterocycles. The number of carbonyl (C=O) groups is 1. The van der Waals surface area contributed by atoms with Gasteiger partial charge in [-0.3, -0.25) is 4.79 Å². The van der Waals surface area contributed by atoms with Crippen molar-refractivity contribution in [2.24, 2.45) is 5.73 Å². The minimum Gasteiger partial charge on any atom is -0.356 e. The first-order valence-corrected chi connectivity index (χ1v) is 5.45. The molecule has 3 N–H and O–H groups in total. The third kappa shape index (κ3) is 5.93. The van der Waals surface area contributed by atoms with Gasteiger partial charge in [0.1, 0.15) is 0 Å². The molecule has 1 atom stereocenters. The Morgan fingerprint density at radius 2 is 2.06 bits per heavy atom. The fraction of sp³-hybridized carbons (Fsp3) is 0.417. The average Bonchev–Trinajstić information content (AvgIpc) is 2.23. The van der Waals surface area contributed by atoms with Crippen molar-refractivity contribution in [2.75, 3.05) is 6.54 Å². The number of hydrogen-bond acceptors (Lipinski definition) is 2. The van der Waals surface area contributed by atoms with Gasteiger partial charge in [-0.2, -0.15) is 0 Å². The van der Waals surface area contributed by atoms with Gasteiger partial charge in [0, 0.05) is 12.6 Å². The normalized spacial score (nSPS) is 11.6. The maximum Gasteiger partial charge on any atom is 0.224 e. The first kappa shape index (κ1) is 16.8. The summed E-state index contributed by atoms with van der Waals surface area (Å²) in [4.78, 5) is 11.4. The first-order chi connectivity index (χ1) is 7.99. The number of benzene rings is 1. The number of nitrogens with two attached hydrogens (primary N) is 1. The maximum absolute atomic E-state index is 12.9. The molecule has 6 heteroatoms. The van der Waals surface area contributed by atoms with E-state index in [0.29, 0.717) is 18.5 Å². The summed E-state index contributed by atoms with van der Waals surface area (Å²) in [6.07, 6.45) is 0.722. The molecule has 3 nitrogen and oxygen atoms in total. The molecule has 0 aliphatic carbocycles. The van der Waals surface area contributed by atoms with E-state index in [0.717, 1.165) is 12.1 Å². The van der Waals surface area contributed by atoms with Gasteiger partial charge in [-0.15, -0.1) is 12.4 Å². The van der Waals surface area contributed by atoms with Crippen LogP contribution in [-0.2, 0) is 11.2 Å². The van der Waals surface area contributed by atoms with Crippen LogP contribution < -0.4 is 11.1 Å². The van der Waals surface area contributed by atoms with E-state index in [4.69, 9.17) is 5.73 Å². The van der Waals surface area contributed by atoms with Crippen molar-refractivity contribution in [1.29, 1.82) is 0 Å². The average molecular weight is 279 g/mol. The molecule has 1 aromatic carbocycles. The molecular weight excluding hydrogens is 262 g/mol. The lowest BCUT2D eigenvalue weighted by Gasteiger charge is -2.07. The van der Waals surface area contributed by atoms with E-state index in [1.54, 1.807) is 0 Å². The third-order valence-electron chi connectivity index (χ3n) is 2.27. The van der Waals surface area contributed by atoms with E-state index in [2.05, 4.69) is 5.32 Å². The summed E-state index contributed by atoms with van der Waals surface area (Å²) >= 11 is 0. The maximum atomic E-state index is 12.9. The summed E-state index contributed by atoms with van der Waals surface area (Å²) in [5, 5.41) is 2.66. The zero-order valence-electron chi connectivity index (χ0n) is 10.1. The van der Waals surface area contributed by atoms with E-state index >= 15 is 0 Å². The molecule has 0 aromatic heterocycles. The number of carbonyl (C=O) groups excluding carboxylic acids is 1. The van der Waals surface area contributed by atoms with E-state index in [9.17, 15) is 13.6 Å². The minimum atomic E-state index is -0.939. The van der Waals surface area contributed by atoms with E-state index in [1.165, 1.54) is 6.07 Å². The highest BCUT2D eigenvalue weighted by atomic mass is 35.5. The van der Waals surface area contributed by atoms with Gasteiger partial charge >= 0.3 is 0 Å². The number of rotatable bonds is 5. The summed E-state index contributed by atoms with van der Waals surface area (Å²) < 4.78 is 25.5. The van der Waals surface area contributed by atoms with Crippen molar-refractivity contribution in [3.8, 4) is 0 Å². The van der Waals surface area contributed by atoms with Gasteiger partial charge in [0.2, 0.25) is 5.91 Å². The van der Waals surface area contributed by atoms with Gasteiger partial charge < -0.3 is 11.1 Å². The zero-order valence-corrected chi connectivity index (χ0v) is 10.9. The molecule has 1 aromatic rings. The smallest absolute Gasteiger partial charge is 0.224 e. The van der Waals surface area contributed by atoms with Gasteiger partial charge in [-0.05, 0) is 31.0 Å². The summed E-state index contributed by atoms with van der Waals surface area (Å²) in [5.74, 6) is -2.08. The lowest BCUT2D eigenvalue weighted by atomic mass is 10.1. The molecule has 0 fully saturated rings. The molecule has 0 aliphatic rings. The highest BCUT2D eigenvalue weighted by Gasteiger charge is 2.07. The SMILES string of the molecule is CC(N)CCNC(=O)Cc1ccc(F)c(F)c1.Cl. The van der Waals surface area contributed by atoms with Crippen LogP contribution in [0.15, 0.2) is 18.2 Å². The topological polar surface area (TPSA) is 55.1 Å². The van der Waals surface area contributed by atoms with Crippen molar-refractivity contribution in [3.63, 3.8) is 0 Å². The molecule has 0 spiro atoms. The Morgan fingerprint density at radius 3 is 2.61 bits per heavy atom. The van der Waals surface area contributed by atoms with Crippen LogP contribution in [0.25, 0.3) is 0 Å². The molecule has 18 heavy (non-hydrogen) atoms. The van der Waals surface area contributed by atoms with Crippen molar-refractivity contribution in [1.82, 2.24) is 5.32 Å². The van der Waals surface area contributed by atoms with Crippen LogP contribution in [0.1, 0.15) is 18.9 Å². The van der Waals surface area contributed by atoms with Crippen LogP contribution in [0, 0.1) is 11.6 Å². The highest BCUT2D eigenvalue weighted by molar-refractivity contribution is 5.85. The second-order valence-corrected chi connectivity index (χ2v) is 4.04. The van der Waals surface area contributed by atoms with Gasteiger partial charge in [0.15, 0.2) is 11.6 Å². The summed E-state index contributed by atoms with van der Waals surface area (Å²) in [6.45, 7) is 2.34. The number of amides is 1. The van der Waals surface area contributed by atoms with Crippen LogP contribution in [0.4, 0.5) is 8.78 Å². The Kier molecular flexibility index (Phi) is 7.47. The second-order valence-electron chi connectivity index (χ2n) is 4.04. The Bertz CT molecular complexity index is 400. The molecule has 1 rings (SSSR count). The molecule has 0 saturated carbocycles. The predicted molar refractivity (Wildman–Crippen MR) is 68.6 cm³/mol. The summed E-state index contributed by atoms with van der Waals surface area (Å²) in [7, 11) is 0. The van der Waals surface area contributed by atoms with Gasteiger partial charge in [-0.1, -0.05) is 6.07 Å². The monoisotopic (exact) mass is 278 g/mol. The molecular formula is C12H17ClF2N2O. The van der Waals surface area contributed by atoms with Crippen LogP contribution in [0.2, 0.25) is 0 Å². The number of nitrogens with one attached hydrogen (secondary N) is 1. The van der Waals surface area contributed by atoms with Gasteiger partial charge in [-0.25, -0.2) is 8.78 Å². The largest absolute Gasteiger partial charge is 0.356 e. The molecule has 0 saturated heterocycles. The van der Waals surface area contributed by atoms with Crippen LogP contribution in [0.5, 0.6) is 0 Å². The Balaban J connectivity index is 0.00000289. The van der Waals surface area contributed by atoms with E-state index in [-0.39, 0.29) is 30.8 Å². The quantitative estimate of drug-likeness (QED) is 0.863. The molecule has 0 bridgehead atoms. The molecule has 1 unspecified atom stereocenters. The fourth-order valence-electron chi connectivity index (χ4n) is 1.34. The minimum absolute atomic E-state index is 0. The molecule has 0 heterocycles. The zero-order chi connectivity index (χ0) is 12.8. The Hall–Kier alpha value is -1.20. The number of hydrogen-bond donors (Lipinski definition) is 2. The first-order valence-electron chi connectivity index (χ1n) is 5.45. The summed E-state index contributed by atoms with van der Waals surface area (Å²) in [6, 6.07) is 3.46. The van der Waals surface area contributed by atoms with Gasteiger partial charge in [0.05, 0.1) is 6.42 Å². The van der Waals surface area contributed by atoms with Crippen molar-refractivity contribution >= 4 is 18.3 Å². The Labute approximate surface area is 111 Å². The van der Waals surface area contributed by atoms with Crippen molar-refractivity contribution in [3.05, 3.63) is 35.4 Å². The van der Waals surface area contributed by atoms with E-state index in [1.807, 2.05) is 6.92 Å². The second kappa shape index (κ2) is 8.00. The Morgan fingerprint density at radius 1 is 1.39 bits per heavy atom. The predicted octanol–water partition coefficient (Wildman–Crippen LogP) is 1.78. The molecule has 0 radical (unpaired) electrons.